The fraction of sp³-hybridized carbons (Fsp3) is 0.933. The average molecular weight is 385 g/mol. The molecule has 1 amide bonds. The second kappa shape index (κ2) is 9.96. The van der Waals surface area contributed by atoms with Crippen LogP contribution in [0.5, 0.6) is 0 Å². The van der Waals surface area contributed by atoms with Crippen molar-refractivity contribution in [1.82, 2.24) is 5.32 Å². The van der Waals surface area contributed by atoms with E-state index >= 15 is 0 Å². The molecule has 144 valence electrons. The summed E-state index contributed by atoms with van der Waals surface area (Å²) in [5.41, 5.74) is -0.561. The number of carbonyl (C=O) groups is 1. The normalized spacial score (nSPS) is 14.3. The van der Waals surface area contributed by atoms with Crippen LogP contribution in [-0.4, -0.2) is 50.2 Å². The molecule has 1 N–H and O–H groups in total. The second-order valence-electron chi connectivity index (χ2n) is 6.86. The molecule has 0 bridgehead atoms. The molecule has 1 atom stereocenters. The number of hydrogen-bond acceptors (Lipinski definition) is 6. The van der Waals surface area contributed by atoms with Crippen LogP contribution in [0, 0.1) is 0 Å². The molecule has 0 aromatic heterocycles. The third-order valence-electron chi connectivity index (χ3n) is 3.01. The van der Waals surface area contributed by atoms with Gasteiger partial charge < -0.3 is 23.7 Å². The van der Waals surface area contributed by atoms with Crippen molar-refractivity contribution in [2.45, 2.75) is 58.5 Å². The van der Waals surface area contributed by atoms with Gasteiger partial charge in [0.1, 0.15) is 11.0 Å². The van der Waals surface area contributed by atoms with Gasteiger partial charge >= 0.3 is 13.7 Å². The molecule has 0 aromatic carbocycles. The number of rotatable bonds is 10. The SMILES string of the molecule is CCOP(=O)(OCC)C(CCCNC(=O)OC(C)(C)C)P(C)(C)=O. The highest BCUT2D eigenvalue weighted by molar-refractivity contribution is 7.77. The molecule has 0 aliphatic heterocycles. The topological polar surface area (TPSA) is 90.9 Å². The highest BCUT2D eigenvalue weighted by atomic mass is 31.2. The van der Waals surface area contributed by atoms with Crippen molar-refractivity contribution in [3.05, 3.63) is 0 Å². The van der Waals surface area contributed by atoms with Gasteiger partial charge in [-0.1, -0.05) is 0 Å². The predicted octanol–water partition coefficient (Wildman–Crippen LogP) is 4.51. The van der Waals surface area contributed by atoms with E-state index in [1.807, 2.05) is 0 Å². The average Bonchev–Trinajstić information content (AvgIpc) is 2.34. The Kier molecular flexibility index (Phi) is 9.81. The summed E-state index contributed by atoms with van der Waals surface area (Å²) in [5.74, 6) is 0. The summed E-state index contributed by atoms with van der Waals surface area (Å²) in [4.78, 5) is 11.6. The van der Waals surface area contributed by atoms with Crippen LogP contribution in [0.3, 0.4) is 0 Å². The lowest BCUT2D eigenvalue weighted by Gasteiger charge is -2.29. The van der Waals surface area contributed by atoms with Gasteiger partial charge in [-0.05, 0) is 60.8 Å². The van der Waals surface area contributed by atoms with Crippen LogP contribution in [0.25, 0.3) is 0 Å². The third-order valence-corrected chi connectivity index (χ3v) is 9.44. The lowest BCUT2D eigenvalue weighted by molar-refractivity contribution is 0.0527. The number of carbonyl (C=O) groups excluding carboxylic acids is 1. The van der Waals surface area contributed by atoms with Crippen molar-refractivity contribution in [3.63, 3.8) is 0 Å². The fourth-order valence-electron chi connectivity index (χ4n) is 2.17. The van der Waals surface area contributed by atoms with E-state index in [0.717, 1.165) is 0 Å². The van der Waals surface area contributed by atoms with E-state index in [0.29, 0.717) is 19.4 Å². The Morgan fingerprint density at radius 1 is 1.08 bits per heavy atom. The molecule has 0 saturated heterocycles. The summed E-state index contributed by atoms with van der Waals surface area (Å²) in [7, 11) is -6.17. The number of amides is 1. The first-order valence-electron chi connectivity index (χ1n) is 8.26. The molecule has 0 aromatic rings. The smallest absolute Gasteiger partial charge is 0.407 e. The van der Waals surface area contributed by atoms with Crippen molar-refractivity contribution in [2.75, 3.05) is 33.1 Å². The van der Waals surface area contributed by atoms with E-state index in [1.54, 1.807) is 47.9 Å². The van der Waals surface area contributed by atoms with Gasteiger partial charge in [0.15, 0.2) is 0 Å². The Balaban J connectivity index is 4.75. The third kappa shape index (κ3) is 9.22. The molecule has 7 nitrogen and oxygen atoms in total. The summed E-state index contributed by atoms with van der Waals surface area (Å²) in [6.45, 7) is 12.8. The van der Waals surface area contributed by atoms with Crippen LogP contribution in [0.2, 0.25) is 0 Å². The Morgan fingerprint density at radius 3 is 1.96 bits per heavy atom. The monoisotopic (exact) mass is 385 g/mol. The van der Waals surface area contributed by atoms with Crippen molar-refractivity contribution in [1.29, 1.82) is 0 Å². The van der Waals surface area contributed by atoms with Crippen LogP contribution in [-0.2, 0) is 22.9 Å². The minimum absolute atomic E-state index is 0.226. The van der Waals surface area contributed by atoms with E-state index in [-0.39, 0.29) is 13.2 Å². The zero-order valence-electron chi connectivity index (χ0n) is 16.0. The molecule has 0 saturated carbocycles. The van der Waals surface area contributed by atoms with Crippen molar-refractivity contribution < 1.29 is 27.7 Å². The minimum Gasteiger partial charge on any atom is -0.444 e. The summed E-state index contributed by atoms with van der Waals surface area (Å²) in [5, 5.41) is 1.96. The van der Waals surface area contributed by atoms with Gasteiger partial charge in [0, 0.05) is 6.54 Å². The van der Waals surface area contributed by atoms with E-state index in [2.05, 4.69) is 5.32 Å². The largest absolute Gasteiger partial charge is 0.444 e. The van der Waals surface area contributed by atoms with Crippen LogP contribution in [0.1, 0.15) is 47.5 Å². The lowest BCUT2D eigenvalue weighted by Crippen LogP contribution is -2.33. The highest BCUT2D eigenvalue weighted by Crippen LogP contribution is 2.67. The predicted molar refractivity (Wildman–Crippen MR) is 97.6 cm³/mol. The van der Waals surface area contributed by atoms with Crippen molar-refractivity contribution in [2.24, 2.45) is 0 Å². The van der Waals surface area contributed by atoms with Gasteiger partial charge in [0.25, 0.3) is 0 Å². The molecular weight excluding hydrogens is 352 g/mol. The van der Waals surface area contributed by atoms with Crippen molar-refractivity contribution in [3.8, 4) is 0 Å². The number of hydrogen-bond donors (Lipinski definition) is 1. The Bertz CT molecular complexity index is 473. The number of alkyl carbamates (subject to hydrolysis) is 1. The van der Waals surface area contributed by atoms with Gasteiger partial charge in [-0.2, -0.15) is 0 Å². The Hall–Kier alpha value is -0.350. The molecule has 24 heavy (non-hydrogen) atoms. The van der Waals surface area contributed by atoms with Gasteiger partial charge in [0.2, 0.25) is 0 Å². The molecule has 0 fully saturated rings. The fourth-order valence-corrected chi connectivity index (χ4v) is 7.73. The first-order chi connectivity index (χ1) is 10.9. The molecule has 9 heteroatoms. The minimum atomic E-state index is -3.46. The molecule has 0 rings (SSSR count). The van der Waals surface area contributed by atoms with E-state index in [4.69, 9.17) is 13.8 Å². The van der Waals surface area contributed by atoms with Crippen LogP contribution < -0.4 is 5.32 Å². The van der Waals surface area contributed by atoms with Crippen LogP contribution >= 0.6 is 14.7 Å². The first-order valence-corrected chi connectivity index (χ1v) is 12.5. The zero-order valence-corrected chi connectivity index (χ0v) is 17.7. The molecular formula is C15H33NO6P2. The lowest BCUT2D eigenvalue weighted by atomic mass is 10.2. The van der Waals surface area contributed by atoms with E-state index in [1.165, 1.54) is 0 Å². The maximum Gasteiger partial charge on any atom is 0.407 e. The molecule has 0 heterocycles. The molecule has 0 aliphatic rings. The van der Waals surface area contributed by atoms with Gasteiger partial charge in [-0.25, -0.2) is 4.79 Å². The van der Waals surface area contributed by atoms with E-state index in [9.17, 15) is 13.9 Å². The van der Waals surface area contributed by atoms with Crippen LogP contribution in [0.15, 0.2) is 0 Å². The van der Waals surface area contributed by atoms with Gasteiger partial charge in [-0.3, -0.25) is 4.57 Å². The maximum atomic E-state index is 12.9. The van der Waals surface area contributed by atoms with Crippen LogP contribution in [0.4, 0.5) is 4.79 Å². The summed E-state index contributed by atoms with van der Waals surface area (Å²) >= 11 is 0. The standard InChI is InChI=1S/C15H33NO6P2/c1-8-20-24(19,21-9-2)13(23(6,7)18)11-10-12-16-14(17)22-15(3,4)5/h13H,8-12H2,1-7H3,(H,16,17). The quantitative estimate of drug-likeness (QED) is 0.440. The summed E-state index contributed by atoms with van der Waals surface area (Å²) < 4.78 is 41.4. The van der Waals surface area contributed by atoms with Gasteiger partial charge in [0.05, 0.1) is 20.4 Å². The van der Waals surface area contributed by atoms with E-state index < -0.39 is 31.8 Å². The Morgan fingerprint density at radius 2 is 1.58 bits per heavy atom. The maximum absolute atomic E-state index is 12.9. The highest BCUT2D eigenvalue weighted by Gasteiger charge is 2.42. The molecule has 0 spiro atoms. The van der Waals surface area contributed by atoms with Gasteiger partial charge in [-0.15, -0.1) is 0 Å². The van der Waals surface area contributed by atoms with Crippen molar-refractivity contribution >= 4 is 20.8 Å². The first kappa shape index (κ1) is 23.6. The zero-order chi connectivity index (χ0) is 19.0. The second-order valence-corrected chi connectivity index (χ2v) is 13.0. The number of nitrogens with one attached hydrogen (secondary N) is 1. The molecule has 1 unspecified atom stereocenters. The molecule has 0 aliphatic carbocycles. The summed E-state index contributed by atoms with van der Waals surface area (Å²) in [6.07, 6.45) is 0.366. The summed E-state index contributed by atoms with van der Waals surface area (Å²) in [6, 6.07) is 0. The Labute approximate surface area is 146 Å². The molecule has 0 radical (unpaired) electrons. The number of ether oxygens (including phenoxy) is 1.